The lowest BCUT2D eigenvalue weighted by molar-refractivity contribution is -0.137. The van der Waals surface area contributed by atoms with E-state index in [4.69, 9.17) is 14.6 Å². The molecule has 0 saturated heterocycles. The standard InChI is InChI=1S/C33H37NO5/c1-4-23-16-18-30(31(20-23)38-3)39-21-24-15-17-26(11-8-14-32(35)36)29(19-24)34-33(37)22(2)27-13-7-10-25-9-5-6-12-28(25)27/h5-6,9-10,12,15-20,22H,4,7-8,11,13-14,21H2,1-3H3,(H,34,37)(H,35,36). The second-order valence-electron chi connectivity index (χ2n) is 9.93. The Bertz CT molecular complexity index is 1460. The normalized spacial score (nSPS) is 13.2. The third-order valence-corrected chi connectivity index (χ3v) is 7.30. The van der Waals surface area contributed by atoms with Crippen molar-refractivity contribution in [3.05, 3.63) is 87.8 Å². The average Bonchev–Trinajstić information content (AvgIpc) is 2.96. The first-order chi connectivity index (χ1) is 18.9. The van der Waals surface area contributed by atoms with Crippen LogP contribution in [0.5, 0.6) is 11.5 Å². The molecule has 6 nitrogen and oxygen atoms in total. The summed E-state index contributed by atoms with van der Waals surface area (Å²) in [7, 11) is 1.63. The maximum atomic E-state index is 13.5. The van der Waals surface area contributed by atoms with Crippen molar-refractivity contribution >= 4 is 29.2 Å². The van der Waals surface area contributed by atoms with Crippen molar-refractivity contribution in [1.82, 2.24) is 0 Å². The van der Waals surface area contributed by atoms with Crippen LogP contribution in [0, 0.1) is 5.92 Å². The number of hydrogen-bond donors (Lipinski definition) is 2. The van der Waals surface area contributed by atoms with E-state index < -0.39 is 5.97 Å². The van der Waals surface area contributed by atoms with Gasteiger partial charge in [0, 0.05) is 12.1 Å². The molecular formula is C33H37NO5. The summed E-state index contributed by atoms with van der Waals surface area (Å²) in [4.78, 5) is 24.6. The number of aryl methyl sites for hydroxylation is 2. The number of benzene rings is 3. The van der Waals surface area contributed by atoms with E-state index >= 15 is 0 Å². The molecule has 0 radical (unpaired) electrons. The number of rotatable bonds is 12. The quantitative estimate of drug-likeness (QED) is 0.336. The van der Waals surface area contributed by atoms with Gasteiger partial charge in [0.15, 0.2) is 11.5 Å². The van der Waals surface area contributed by atoms with E-state index in [-0.39, 0.29) is 18.2 Å². The van der Waals surface area contributed by atoms with Crippen molar-refractivity contribution in [3.8, 4) is 11.5 Å². The molecule has 204 valence electrons. The molecule has 0 spiro atoms. The highest BCUT2D eigenvalue weighted by Crippen LogP contribution is 2.30. The molecule has 1 atom stereocenters. The van der Waals surface area contributed by atoms with Gasteiger partial charge >= 0.3 is 5.97 Å². The maximum Gasteiger partial charge on any atom is 0.303 e. The van der Waals surface area contributed by atoms with Crippen LogP contribution in [-0.4, -0.2) is 24.1 Å². The van der Waals surface area contributed by atoms with Crippen LogP contribution < -0.4 is 25.2 Å². The van der Waals surface area contributed by atoms with Gasteiger partial charge in [0.05, 0.1) is 13.0 Å². The number of aliphatic carboxylic acids is 1. The minimum Gasteiger partial charge on any atom is -0.493 e. The lowest BCUT2D eigenvalue weighted by atomic mass is 9.89. The Morgan fingerprint density at radius 3 is 2.59 bits per heavy atom. The number of carbonyl (C=O) groups is 2. The Balaban J connectivity index is 1.56. The fourth-order valence-electron chi connectivity index (χ4n) is 5.02. The van der Waals surface area contributed by atoms with Gasteiger partial charge in [-0.05, 0) is 89.9 Å². The first kappa shape index (κ1) is 28.0. The van der Waals surface area contributed by atoms with Crippen LogP contribution in [0.15, 0.2) is 60.7 Å². The van der Waals surface area contributed by atoms with E-state index in [0.29, 0.717) is 36.6 Å². The molecule has 0 bridgehead atoms. The number of methoxy groups -OCH3 is 1. The van der Waals surface area contributed by atoms with Gasteiger partial charge in [-0.15, -0.1) is 0 Å². The molecule has 1 unspecified atom stereocenters. The third kappa shape index (κ3) is 7.08. The molecule has 6 heteroatoms. The van der Waals surface area contributed by atoms with Gasteiger partial charge in [0.2, 0.25) is 5.91 Å². The van der Waals surface area contributed by atoms with E-state index in [9.17, 15) is 9.59 Å². The van der Waals surface area contributed by atoms with Crippen LogP contribution in [0.1, 0.15) is 56.2 Å². The van der Waals surface area contributed by atoms with Gasteiger partial charge in [0.1, 0.15) is 6.61 Å². The molecule has 1 aliphatic carbocycles. The zero-order chi connectivity index (χ0) is 27.8. The highest BCUT2D eigenvalue weighted by molar-refractivity contribution is 5.98. The van der Waals surface area contributed by atoms with E-state index in [1.165, 1.54) is 10.8 Å². The van der Waals surface area contributed by atoms with Crippen LogP contribution in [0.25, 0.3) is 11.6 Å². The molecule has 39 heavy (non-hydrogen) atoms. The summed E-state index contributed by atoms with van der Waals surface area (Å²) < 4.78 is 11.6. The first-order valence-electron chi connectivity index (χ1n) is 13.6. The molecule has 0 aliphatic heterocycles. The molecule has 0 heterocycles. The monoisotopic (exact) mass is 527 g/mol. The summed E-state index contributed by atoms with van der Waals surface area (Å²) >= 11 is 0. The van der Waals surface area contributed by atoms with Crippen LogP contribution in [0.4, 0.5) is 5.69 Å². The molecular weight excluding hydrogens is 490 g/mol. The third-order valence-electron chi connectivity index (χ3n) is 7.30. The number of hydrogen-bond acceptors (Lipinski definition) is 4. The van der Waals surface area contributed by atoms with Crippen molar-refractivity contribution in [1.29, 1.82) is 0 Å². The summed E-state index contributed by atoms with van der Waals surface area (Å²) in [6, 6.07) is 20.0. The minimum absolute atomic E-state index is 0.0731. The fraction of sp³-hybridized carbons (Fsp3) is 0.333. The summed E-state index contributed by atoms with van der Waals surface area (Å²) in [5.41, 5.74) is 4.81. The Morgan fingerprint density at radius 2 is 1.82 bits per heavy atom. The van der Waals surface area contributed by atoms with Crippen molar-refractivity contribution in [3.63, 3.8) is 0 Å². The summed E-state index contributed by atoms with van der Waals surface area (Å²) in [5.74, 6) is 0.142. The number of carboxylic acid groups (broad SMARTS) is 1. The largest absolute Gasteiger partial charge is 0.493 e. The number of anilines is 1. The van der Waals surface area contributed by atoms with Crippen LogP contribution >= 0.6 is 0 Å². The summed E-state index contributed by atoms with van der Waals surface area (Å²) in [6.07, 6.45) is 6.02. The molecule has 0 fully saturated rings. The Kier molecular flexibility index (Phi) is 9.42. The lowest BCUT2D eigenvalue weighted by Gasteiger charge is -2.20. The molecule has 1 aliphatic rings. The Hall–Kier alpha value is -4.06. The topological polar surface area (TPSA) is 84.9 Å². The SMILES string of the molecule is CCc1ccc(OCc2ccc(CCCC(=O)O)c(NC(=O)C(C)C3=c4ccccc4=CCC3)c2)c(OC)c1. The van der Waals surface area contributed by atoms with Gasteiger partial charge in [-0.1, -0.05) is 55.5 Å². The average molecular weight is 528 g/mol. The van der Waals surface area contributed by atoms with E-state index in [2.05, 4.69) is 30.4 Å². The minimum atomic E-state index is -0.827. The van der Waals surface area contributed by atoms with E-state index in [1.807, 2.05) is 55.5 Å². The molecule has 0 aromatic heterocycles. The van der Waals surface area contributed by atoms with Gasteiger partial charge in [-0.25, -0.2) is 0 Å². The van der Waals surface area contributed by atoms with Gasteiger partial charge in [-0.2, -0.15) is 0 Å². The van der Waals surface area contributed by atoms with Crippen molar-refractivity contribution < 1.29 is 24.2 Å². The van der Waals surface area contributed by atoms with E-state index in [0.717, 1.165) is 41.2 Å². The second-order valence-corrected chi connectivity index (χ2v) is 9.93. The van der Waals surface area contributed by atoms with Gasteiger partial charge in [0.25, 0.3) is 0 Å². The first-order valence-corrected chi connectivity index (χ1v) is 13.6. The highest BCUT2D eigenvalue weighted by atomic mass is 16.5. The highest BCUT2D eigenvalue weighted by Gasteiger charge is 2.21. The zero-order valence-corrected chi connectivity index (χ0v) is 23.0. The molecule has 0 saturated carbocycles. The summed E-state index contributed by atoms with van der Waals surface area (Å²) in [5, 5.41) is 14.6. The number of carboxylic acids is 1. The summed E-state index contributed by atoms with van der Waals surface area (Å²) in [6.45, 7) is 4.35. The fourth-order valence-corrected chi connectivity index (χ4v) is 5.02. The predicted molar refractivity (Wildman–Crippen MR) is 154 cm³/mol. The molecule has 3 aromatic carbocycles. The number of nitrogens with one attached hydrogen (secondary N) is 1. The second kappa shape index (κ2) is 13.1. The number of amides is 1. The molecule has 4 rings (SSSR count). The number of fused-ring (bicyclic) bond motifs is 1. The van der Waals surface area contributed by atoms with Crippen molar-refractivity contribution in [2.45, 2.75) is 59.0 Å². The predicted octanol–water partition coefficient (Wildman–Crippen LogP) is 5.24. The van der Waals surface area contributed by atoms with Crippen LogP contribution in [0.3, 0.4) is 0 Å². The van der Waals surface area contributed by atoms with Crippen LogP contribution in [0.2, 0.25) is 0 Å². The lowest BCUT2D eigenvalue weighted by Crippen LogP contribution is -2.34. The number of carbonyl (C=O) groups excluding carboxylic acids is 1. The van der Waals surface area contributed by atoms with Gasteiger partial charge < -0.3 is 19.9 Å². The Labute approximate surface area is 230 Å². The zero-order valence-electron chi connectivity index (χ0n) is 23.0. The molecule has 2 N–H and O–H groups in total. The molecule has 3 aromatic rings. The smallest absolute Gasteiger partial charge is 0.303 e. The maximum absolute atomic E-state index is 13.5. The molecule has 1 amide bonds. The van der Waals surface area contributed by atoms with Gasteiger partial charge in [-0.3, -0.25) is 9.59 Å². The van der Waals surface area contributed by atoms with Crippen LogP contribution in [-0.2, 0) is 29.0 Å². The van der Waals surface area contributed by atoms with Crippen molar-refractivity contribution in [2.24, 2.45) is 5.92 Å². The van der Waals surface area contributed by atoms with E-state index in [1.54, 1.807) is 7.11 Å². The number of ether oxygens (including phenoxy) is 2. The Morgan fingerprint density at radius 1 is 1.03 bits per heavy atom. The van der Waals surface area contributed by atoms with Crippen molar-refractivity contribution in [2.75, 3.05) is 12.4 Å².